The van der Waals surface area contributed by atoms with Crippen molar-refractivity contribution < 1.29 is 0 Å². The molecule has 0 aliphatic rings. The van der Waals surface area contributed by atoms with Crippen LogP contribution in [0.15, 0.2) is 91.0 Å². The van der Waals surface area contributed by atoms with Crippen molar-refractivity contribution in [2.75, 3.05) is 0 Å². The van der Waals surface area contributed by atoms with Gasteiger partial charge < -0.3 is 0 Å². The fourth-order valence-electron chi connectivity index (χ4n) is 3.61. The van der Waals surface area contributed by atoms with Gasteiger partial charge in [-0.3, -0.25) is 0 Å². The monoisotopic (exact) mass is 416 g/mol. The summed E-state index contributed by atoms with van der Waals surface area (Å²) in [6.07, 6.45) is 0. The predicted molar refractivity (Wildman–Crippen MR) is 130 cm³/mol. The molecule has 0 atom stereocenters. The van der Waals surface area contributed by atoms with Crippen molar-refractivity contribution in [2.45, 2.75) is 26.2 Å². The largest absolute Gasteiger partial charge is 0.244 e. The molecule has 3 aromatic carbocycles. The van der Waals surface area contributed by atoms with E-state index in [2.05, 4.69) is 57.2 Å². The summed E-state index contributed by atoms with van der Waals surface area (Å²) < 4.78 is 0. The molecule has 0 amide bonds. The highest BCUT2D eigenvalue weighted by atomic mass is 15.1. The molecule has 0 bridgehead atoms. The average Bonchev–Trinajstić information content (AvgIpc) is 2.83. The maximum atomic E-state index is 4.85. The van der Waals surface area contributed by atoms with Gasteiger partial charge in [0.15, 0.2) is 11.6 Å². The molecule has 0 spiro atoms. The Balaban J connectivity index is 1.66. The topological polar surface area (TPSA) is 51.6 Å². The van der Waals surface area contributed by atoms with E-state index in [0.29, 0.717) is 11.6 Å². The van der Waals surface area contributed by atoms with Gasteiger partial charge in [0.2, 0.25) is 0 Å². The molecule has 0 saturated heterocycles. The van der Waals surface area contributed by atoms with Crippen LogP contribution in [-0.4, -0.2) is 19.9 Å². The third kappa shape index (κ3) is 4.00. The second-order valence-corrected chi connectivity index (χ2v) is 8.89. The Morgan fingerprint density at radius 3 is 2.03 bits per heavy atom. The first-order chi connectivity index (χ1) is 15.5. The van der Waals surface area contributed by atoms with Crippen molar-refractivity contribution in [2.24, 2.45) is 0 Å². The van der Waals surface area contributed by atoms with Gasteiger partial charge in [-0.15, -0.1) is 0 Å². The molecule has 2 heterocycles. The van der Waals surface area contributed by atoms with Crippen LogP contribution in [-0.2, 0) is 5.41 Å². The molecular weight excluding hydrogens is 392 g/mol. The zero-order valence-electron chi connectivity index (χ0n) is 18.4. The van der Waals surface area contributed by atoms with Gasteiger partial charge in [-0.05, 0) is 29.3 Å². The van der Waals surface area contributed by atoms with Crippen LogP contribution in [0.25, 0.3) is 44.9 Å². The second kappa shape index (κ2) is 7.97. The summed E-state index contributed by atoms with van der Waals surface area (Å²) >= 11 is 0. The number of para-hydroxylation sites is 1. The predicted octanol–water partition coefficient (Wildman–Crippen LogP) is 6.72. The molecule has 5 aromatic rings. The maximum absolute atomic E-state index is 4.85. The third-order valence-corrected chi connectivity index (χ3v) is 5.36. The number of benzene rings is 3. The number of nitrogens with zero attached hydrogens (tertiary/aromatic N) is 4. The molecule has 0 unspecified atom stereocenters. The van der Waals surface area contributed by atoms with Crippen LogP contribution in [0.1, 0.15) is 26.6 Å². The van der Waals surface area contributed by atoms with Crippen LogP contribution >= 0.6 is 0 Å². The second-order valence-electron chi connectivity index (χ2n) is 8.89. The van der Waals surface area contributed by atoms with E-state index in [4.69, 9.17) is 19.9 Å². The number of hydrogen-bond donors (Lipinski definition) is 0. The summed E-state index contributed by atoms with van der Waals surface area (Å²) in [5, 5.41) is 1.09. The molecule has 0 N–H and O–H groups in total. The lowest BCUT2D eigenvalue weighted by atomic mass is 9.95. The molecule has 0 saturated carbocycles. The summed E-state index contributed by atoms with van der Waals surface area (Å²) in [7, 11) is 0. The van der Waals surface area contributed by atoms with Gasteiger partial charge in [-0.25, -0.2) is 19.9 Å². The Hall–Kier alpha value is -3.92. The van der Waals surface area contributed by atoms with Gasteiger partial charge in [0, 0.05) is 16.4 Å². The average molecular weight is 417 g/mol. The molecule has 0 aliphatic carbocycles. The Morgan fingerprint density at radius 2 is 1.22 bits per heavy atom. The van der Waals surface area contributed by atoms with E-state index in [9.17, 15) is 0 Å². The smallest absolute Gasteiger partial charge is 0.182 e. The molecule has 2 aromatic heterocycles. The van der Waals surface area contributed by atoms with Crippen LogP contribution in [0.2, 0.25) is 0 Å². The molecule has 156 valence electrons. The Labute approximate surface area is 188 Å². The van der Waals surface area contributed by atoms with E-state index in [1.54, 1.807) is 0 Å². The van der Waals surface area contributed by atoms with Crippen molar-refractivity contribution >= 4 is 10.9 Å². The third-order valence-electron chi connectivity index (χ3n) is 5.36. The van der Waals surface area contributed by atoms with Crippen molar-refractivity contribution in [1.29, 1.82) is 0 Å². The number of pyridine rings is 1. The highest BCUT2D eigenvalue weighted by molar-refractivity contribution is 5.80. The number of hydrogen-bond acceptors (Lipinski definition) is 4. The van der Waals surface area contributed by atoms with Gasteiger partial charge in [0.1, 0.15) is 11.5 Å². The first-order valence-corrected chi connectivity index (χ1v) is 10.8. The minimum atomic E-state index is -0.222. The summed E-state index contributed by atoms with van der Waals surface area (Å²) in [6, 6.07) is 30.8. The lowest BCUT2D eigenvalue weighted by Gasteiger charge is -2.18. The lowest BCUT2D eigenvalue weighted by Crippen LogP contribution is -2.18. The van der Waals surface area contributed by atoms with Gasteiger partial charge in [0.25, 0.3) is 0 Å². The fraction of sp³-hybridized carbons (Fsp3) is 0.143. The normalized spacial score (nSPS) is 11.6. The van der Waals surface area contributed by atoms with Crippen LogP contribution in [0.4, 0.5) is 0 Å². The first-order valence-electron chi connectivity index (χ1n) is 10.8. The highest BCUT2D eigenvalue weighted by Crippen LogP contribution is 2.28. The van der Waals surface area contributed by atoms with Crippen LogP contribution in [0.3, 0.4) is 0 Å². The Morgan fingerprint density at radius 1 is 0.531 bits per heavy atom. The zero-order valence-corrected chi connectivity index (χ0v) is 18.4. The molecule has 0 aliphatic heterocycles. The van der Waals surface area contributed by atoms with E-state index >= 15 is 0 Å². The van der Waals surface area contributed by atoms with Crippen molar-refractivity contribution in [3.8, 4) is 34.0 Å². The van der Waals surface area contributed by atoms with E-state index in [1.165, 1.54) is 0 Å². The number of rotatable bonds is 3. The standard InChI is InChI=1S/C28H24N4/c1-28(2,3)27-31-25(22-14-9-13-21(18-22)19-10-5-4-6-11-19)30-26(32-27)24-17-16-20-12-7-8-15-23(20)29-24/h4-18H,1-3H3. The van der Waals surface area contributed by atoms with Crippen molar-refractivity contribution in [1.82, 2.24) is 19.9 Å². The van der Waals surface area contributed by atoms with E-state index in [0.717, 1.165) is 39.1 Å². The minimum absolute atomic E-state index is 0.222. The summed E-state index contributed by atoms with van der Waals surface area (Å²) in [6.45, 7) is 6.35. The zero-order chi connectivity index (χ0) is 22.1. The fourth-order valence-corrected chi connectivity index (χ4v) is 3.61. The summed E-state index contributed by atoms with van der Waals surface area (Å²) in [4.78, 5) is 19.3. The Bertz CT molecular complexity index is 1400. The number of aromatic nitrogens is 4. The van der Waals surface area contributed by atoms with Crippen molar-refractivity contribution in [3.63, 3.8) is 0 Å². The molecule has 0 fully saturated rings. The molecule has 4 heteroatoms. The van der Waals surface area contributed by atoms with Crippen molar-refractivity contribution in [3.05, 3.63) is 96.8 Å². The van der Waals surface area contributed by atoms with Gasteiger partial charge in [-0.2, -0.15) is 0 Å². The minimum Gasteiger partial charge on any atom is -0.244 e. The highest BCUT2D eigenvalue weighted by Gasteiger charge is 2.21. The van der Waals surface area contributed by atoms with Gasteiger partial charge in [-0.1, -0.05) is 93.6 Å². The van der Waals surface area contributed by atoms with Gasteiger partial charge in [0.05, 0.1) is 5.52 Å². The Kier molecular flexibility index (Phi) is 4.98. The van der Waals surface area contributed by atoms with Crippen LogP contribution in [0.5, 0.6) is 0 Å². The summed E-state index contributed by atoms with van der Waals surface area (Å²) in [5.74, 6) is 2.00. The molecular formula is C28H24N4. The quantitative estimate of drug-likeness (QED) is 0.328. The first kappa shape index (κ1) is 20.0. The number of fused-ring (bicyclic) bond motifs is 1. The molecule has 32 heavy (non-hydrogen) atoms. The van der Waals surface area contributed by atoms with Gasteiger partial charge >= 0.3 is 0 Å². The molecule has 4 nitrogen and oxygen atoms in total. The SMILES string of the molecule is CC(C)(C)c1nc(-c2cccc(-c3ccccc3)c2)nc(-c2ccc3ccccc3n2)n1. The lowest BCUT2D eigenvalue weighted by molar-refractivity contribution is 0.543. The maximum Gasteiger partial charge on any atom is 0.182 e. The molecule has 5 rings (SSSR count). The van der Waals surface area contributed by atoms with E-state index in [-0.39, 0.29) is 5.41 Å². The van der Waals surface area contributed by atoms with E-state index < -0.39 is 0 Å². The molecule has 0 radical (unpaired) electrons. The van der Waals surface area contributed by atoms with Crippen LogP contribution in [0, 0.1) is 0 Å². The van der Waals surface area contributed by atoms with E-state index in [1.807, 2.05) is 54.6 Å². The summed E-state index contributed by atoms with van der Waals surface area (Å²) in [5.41, 5.74) is 4.70. The van der Waals surface area contributed by atoms with Crippen LogP contribution < -0.4 is 0 Å².